The molecule has 1 aliphatic heterocycles. The highest BCUT2D eigenvalue weighted by molar-refractivity contribution is 5.36. The molecule has 110 valence electrons. The number of nitrogens with zero attached hydrogens (tertiary/aromatic N) is 1. The van der Waals surface area contributed by atoms with Crippen molar-refractivity contribution in [1.82, 2.24) is 4.90 Å². The summed E-state index contributed by atoms with van der Waals surface area (Å²) in [7, 11) is 1.77. The smallest absolute Gasteiger partial charge is 0.122 e. The zero-order chi connectivity index (χ0) is 14.5. The van der Waals surface area contributed by atoms with Gasteiger partial charge in [0.05, 0.1) is 7.11 Å². The van der Waals surface area contributed by atoms with E-state index in [1.54, 1.807) is 7.11 Å². The van der Waals surface area contributed by atoms with Gasteiger partial charge in [0.15, 0.2) is 0 Å². The number of ether oxygens (including phenoxy) is 1. The lowest BCUT2D eigenvalue weighted by molar-refractivity contribution is 0.198. The van der Waals surface area contributed by atoms with Gasteiger partial charge >= 0.3 is 0 Å². The fourth-order valence-electron chi connectivity index (χ4n) is 3.30. The summed E-state index contributed by atoms with van der Waals surface area (Å²) in [6, 6.07) is 19.2. The van der Waals surface area contributed by atoms with Gasteiger partial charge < -0.3 is 4.74 Å². The van der Waals surface area contributed by atoms with Crippen LogP contribution in [0.15, 0.2) is 54.6 Å². The van der Waals surface area contributed by atoms with Crippen molar-refractivity contribution in [3.05, 3.63) is 65.7 Å². The van der Waals surface area contributed by atoms with Gasteiger partial charge in [-0.2, -0.15) is 0 Å². The van der Waals surface area contributed by atoms with Crippen LogP contribution in [-0.2, 0) is 6.54 Å². The van der Waals surface area contributed by atoms with E-state index in [0.717, 1.165) is 18.8 Å². The van der Waals surface area contributed by atoms with Crippen molar-refractivity contribution in [2.75, 3.05) is 20.2 Å². The zero-order valence-corrected chi connectivity index (χ0v) is 12.7. The number of rotatable bonds is 4. The minimum absolute atomic E-state index is 0.582. The van der Waals surface area contributed by atoms with E-state index in [2.05, 4.69) is 53.4 Å². The third kappa shape index (κ3) is 3.45. The van der Waals surface area contributed by atoms with Crippen molar-refractivity contribution in [3.8, 4) is 5.75 Å². The van der Waals surface area contributed by atoms with E-state index in [1.807, 2.05) is 6.07 Å². The van der Waals surface area contributed by atoms with E-state index < -0.39 is 0 Å². The lowest BCUT2D eigenvalue weighted by Gasteiger charge is -2.33. The van der Waals surface area contributed by atoms with Gasteiger partial charge in [-0.3, -0.25) is 4.90 Å². The number of likely N-dealkylation sites (tertiary alicyclic amines) is 1. The Morgan fingerprint density at radius 2 is 1.81 bits per heavy atom. The Balaban J connectivity index is 1.71. The molecular formula is C19H23NO. The summed E-state index contributed by atoms with van der Waals surface area (Å²) in [6.07, 6.45) is 2.52. The van der Waals surface area contributed by atoms with Crippen LogP contribution in [0.3, 0.4) is 0 Å². The normalized spacial score (nSPS) is 19.4. The molecule has 2 aromatic rings. The lowest BCUT2D eigenvalue weighted by Crippen LogP contribution is -2.34. The quantitative estimate of drug-likeness (QED) is 0.837. The molecule has 1 fully saturated rings. The number of benzene rings is 2. The van der Waals surface area contributed by atoms with Crippen molar-refractivity contribution in [3.63, 3.8) is 0 Å². The minimum Gasteiger partial charge on any atom is -0.496 e. The molecule has 1 atom stereocenters. The molecule has 3 rings (SSSR count). The van der Waals surface area contributed by atoms with E-state index in [4.69, 9.17) is 4.74 Å². The third-order valence-corrected chi connectivity index (χ3v) is 4.33. The lowest BCUT2D eigenvalue weighted by atomic mass is 9.90. The maximum atomic E-state index is 5.53. The molecule has 1 heterocycles. The van der Waals surface area contributed by atoms with E-state index in [-0.39, 0.29) is 0 Å². The maximum absolute atomic E-state index is 5.53. The first-order valence-corrected chi connectivity index (χ1v) is 7.76. The predicted octanol–water partition coefficient (Wildman–Crippen LogP) is 4.07. The molecule has 21 heavy (non-hydrogen) atoms. The first kappa shape index (κ1) is 14.2. The van der Waals surface area contributed by atoms with Gasteiger partial charge in [-0.05, 0) is 36.6 Å². The predicted molar refractivity (Wildman–Crippen MR) is 86.7 cm³/mol. The van der Waals surface area contributed by atoms with Gasteiger partial charge in [-0.15, -0.1) is 0 Å². The summed E-state index contributed by atoms with van der Waals surface area (Å²) in [5.41, 5.74) is 2.76. The van der Waals surface area contributed by atoms with Crippen LogP contribution < -0.4 is 4.74 Å². The average Bonchev–Trinajstić information content (AvgIpc) is 2.56. The van der Waals surface area contributed by atoms with Crippen LogP contribution in [0.5, 0.6) is 5.75 Å². The average molecular weight is 281 g/mol. The van der Waals surface area contributed by atoms with Crippen LogP contribution in [0, 0.1) is 0 Å². The highest BCUT2D eigenvalue weighted by Crippen LogP contribution is 2.33. The molecule has 0 aromatic heterocycles. The second-order valence-corrected chi connectivity index (χ2v) is 5.80. The number of hydrogen-bond acceptors (Lipinski definition) is 2. The summed E-state index contributed by atoms with van der Waals surface area (Å²) in [6.45, 7) is 3.36. The van der Waals surface area contributed by atoms with E-state index in [9.17, 15) is 0 Å². The maximum Gasteiger partial charge on any atom is 0.122 e. The van der Waals surface area contributed by atoms with Gasteiger partial charge in [0, 0.05) is 19.0 Å². The topological polar surface area (TPSA) is 12.5 Å². The molecule has 1 aliphatic rings. The Labute approximate surface area is 127 Å². The van der Waals surface area contributed by atoms with E-state index >= 15 is 0 Å². The van der Waals surface area contributed by atoms with Crippen molar-refractivity contribution >= 4 is 0 Å². The molecule has 0 radical (unpaired) electrons. The van der Waals surface area contributed by atoms with Gasteiger partial charge in [0.2, 0.25) is 0 Å². The van der Waals surface area contributed by atoms with Gasteiger partial charge in [-0.25, -0.2) is 0 Å². The van der Waals surface area contributed by atoms with Crippen LogP contribution in [0.4, 0.5) is 0 Å². The fraction of sp³-hybridized carbons (Fsp3) is 0.368. The number of para-hydroxylation sites is 1. The fourth-order valence-corrected chi connectivity index (χ4v) is 3.30. The number of methoxy groups -OCH3 is 1. The van der Waals surface area contributed by atoms with Crippen LogP contribution in [0.2, 0.25) is 0 Å². The molecule has 0 saturated carbocycles. The third-order valence-electron chi connectivity index (χ3n) is 4.33. The van der Waals surface area contributed by atoms with Gasteiger partial charge in [0.25, 0.3) is 0 Å². The van der Waals surface area contributed by atoms with Crippen LogP contribution in [0.25, 0.3) is 0 Å². The summed E-state index contributed by atoms with van der Waals surface area (Å²) in [5.74, 6) is 1.61. The summed E-state index contributed by atoms with van der Waals surface area (Å²) in [5, 5.41) is 0. The molecule has 0 bridgehead atoms. The monoisotopic (exact) mass is 281 g/mol. The Kier molecular flexibility index (Phi) is 4.56. The molecule has 2 aromatic carbocycles. The molecule has 0 aliphatic carbocycles. The highest BCUT2D eigenvalue weighted by Gasteiger charge is 2.23. The van der Waals surface area contributed by atoms with Crippen LogP contribution in [-0.4, -0.2) is 25.1 Å². The molecule has 0 N–H and O–H groups in total. The van der Waals surface area contributed by atoms with Crippen LogP contribution >= 0.6 is 0 Å². The minimum atomic E-state index is 0.582. The molecule has 2 nitrogen and oxygen atoms in total. The van der Waals surface area contributed by atoms with Gasteiger partial charge in [-0.1, -0.05) is 48.5 Å². The standard InChI is InChI=1S/C19H23NO/c1-21-19-12-6-5-11-18(19)17-10-7-13-20(15-17)14-16-8-3-2-4-9-16/h2-6,8-9,11-12,17H,7,10,13-15H2,1H3. The van der Waals surface area contributed by atoms with Crippen molar-refractivity contribution in [2.45, 2.75) is 25.3 Å². The summed E-state index contributed by atoms with van der Waals surface area (Å²) in [4.78, 5) is 2.57. The highest BCUT2D eigenvalue weighted by atomic mass is 16.5. The second kappa shape index (κ2) is 6.77. The molecule has 2 heteroatoms. The molecule has 1 unspecified atom stereocenters. The van der Waals surface area contributed by atoms with Crippen molar-refractivity contribution < 1.29 is 4.74 Å². The Hall–Kier alpha value is -1.80. The van der Waals surface area contributed by atoms with E-state index in [1.165, 1.54) is 30.5 Å². The van der Waals surface area contributed by atoms with Crippen molar-refractivity contribution in [1.29, 1.82) is 0 Å². The first-order valence-electron chi connectivity index (χ1n) is 7.76. The first-order chi connectivity index (χ1) is 10.4. The Bertz CT molecular complexity index is 567. The molecule has 1 saturated heterocycles. The Morgan fingerprint density at radius 3 is 2.62 bits per heavy atom. The van der Waals surface area contributed by atoms with Crippen molar-refractivity contribution in [2.24, 2.45) is 0 Å². The largest absolute Gasteiger partial charge is 0.496 e. The molecular weight excluding hydrogens is 258 g/mol. The molecule has 0 spiro atoms. The van der Waals surface area contributed by atoms with E-state index in [0.29, 0.717) is 5.92 Å². The number of piperidine rings is 1. The SMILES string of the molecule is COc1ccccc1C1CCCN(Cc2ccccc2)C1. The molecule has 0 amide bonds. The zero-order valence-electron chi connectivity index (χ0n) is 12.7. The van der Waals surface area contributed by atoms with Gasteiger partial charge in [0.1, 0.15) is 5.75 Å². The summed E-state index contributed by atoms with van der Waals surface area (Å²) < 4.78 is 5.53. The Morgan fingerprint density at radius 1 is 1.05 bits per heavy atom. The summed E-state index contributed by atoms with van der Waals surface area (Å²) >= 11 is 0. The second-order valence-electron chi connectivity index (χ2n) is 5.80. The number of hydrogen-bond donors (Lipinski definition) is 0. The van der Waals surface area contributed by atoms with Crippen LogP contribution in [0.1, 0.15) is 29.9 Å².